The Morgan fingerprint density at radius 3 is 2.48 bits per heavy atom. The van der Waals surface area contributed by atoms with Crippen LogP contribution >= 0.6 is 34.7 Å². The van der Waals surface area contributed by atoms with Crippen molar-refractivity contribution < 1.29 is 21.6 Å². The lowest BCUT2D eigenvalue weighted by molar-refractivity contribution is -0.133. The van der Waals surface area contributed by atoms with Crippen LogP contribution in [0.15, 0.2) is 15.2 Å². The van der Waals surface area contributed by atoms with Gasteiger partial charge in [0.25, 0.3) is 0 Å². The Morgan fingerprint density at radius 1 is 1.32 bits per heavy atom. The number of amides is 1. The summed E-state index contributed by atoms with van der Waals surface area (Å²) in [6, 6.07) is 0.467. The van der Waals surface area contributed by atoms with Crippen molar-refractivity contribution in [3.63, 3.8) is 0 Å². The zero-order valence-electron chi connectivity index (χ0n) is 13.5. The number of rotatable bonds is 5. The summed E-state index contributed by atoms with van der Waals surface area (Å²) in [7, 11) is -5.94. The Morgan fingerprint density at radius 2 is 1.96 bits per heavy atom. The van der Waals surface area contributed by atoms with Crippen LogP contribution in [-0.4, -0.2) is 69.0 Å². The SMILES string of the molecule is CN(C(=O)[C@@H]1CSCN1S(=O)(=O)c1cc(S(C)(=O)=O)sc1Cl)C1CC1. The lowest BCUT2D eigenvalue weighted by Crippen LogP contribution is -2.48. The van der Waals surface area contributed by atoms with Crippen LogP contribution in [0.25, 0.3) is 0 Å². The number of likely N-dealkylation sites (N-methyl/N-ethyl adjacent to an activating group) is 1. The third-order valence-electron chi connectivity index (χ3n) is 4.15. The molecule has 1 aliphatic carbocycles. The van der Waals surface area contributed by atoms with Gasteiger partial charge in [0.05, 0.1) is 5.88 Å². The highest BCUT2D eigenvalue weighted by molar-refractivity contribution is 8.00. The van der Waals surface area contributed by atoms with Crippen LogP contribution < -0.4 is 0 Å². The Hall–Kier alpha value is -0.330. The number of sulfone groups is 1. The number of halogens is 1. The van der Waals surface area contributed by atoms with Crippen molar-refractivity contribution in [1.29, 1.82) is 0 Å². The molecular formula is C13H17ClN2O5S4. The second kappa shape index (κ2) is 6.68. The van der Waals surface area contributed by atoms with E-state index in [1.54, 1.807) is 11.9 Å². The molecule has 140 valence electrons. The Balaban J connectivity index is 1.93. The van der Waals surface area contributed by atoms with Crippen molar-refractivity contribution in [2.45, 2.75) is 34.0 Å². The Bertz CT molecular complexity index is 907. The molecule has 0 unspecified atom stereocenters. The second-order valence-corrected chi connectivity index (χ2v) is 12.8. The third kappa shape index (κ3) is 3.72. The fourth-order valence-electron chi connectivity index (χ4n) is 2.55. The molecule has 1 saturated heterocycles. The molecule has 1 atom stereocenters. The van der Waals surface area contributed by atoms with Gasteiger partial charge in [0.2, 0.25) is 15.9 Å². The maximum atomic E-state index is 13.0. The minimum absolute atomic E-state index is 0.110. The second-order valence-electron chi connectivity index (χ2n) is 6.06. The first-order valence-corrected chi connectivity index (χ1v) is 13.1. The summed E-state index contributed by atoms with van der Waals surface area (Å²) in [5, 5.41) is 0. The fourth-order valence-corrected chi connectivity index (χ4v) is 8.68. The molecular weight excluding hydrogens is 428 g/mol. The predicted molar refractivity (Wildman–Crippen MR) is 98.4 cm³/mol. The largest absolute Gasteiger partial charge is 0.341 e. The Labute approximate surface area is 160 Å². The molecule has 0 N–H and O–H groups in total. The molecule has 1 saturated carbocycles. The molecule has 0 bridgehead atoms. The zero-order chi connectivity index (χ0) is 18.6. The Kier molecular flexibility index (Phi) is 5.19. The van der Waals surface area contributed by atoms with Gasteiger partial charge in [-0.05, 0) is 18.9 Å². The number of thiophene rings is 1. The van der Waals surface area contributed by atoms with E-state index in [4.69, 9.17) is 11.6 Å². The molecule has 2 heterocycles. The van der Waals surface area contributed by atoms with E-state index >= 15 is 0 Å². The van der Waals surface area contributed by atoms with Gasteiger partial charge in [0, 0.05) is 25.1 Å². The normalized spacial score (nSPS) is 22.3. The van der Waals surface area contributed by atoms with Crippen molar-refractivity contribution in [3.8, 4) is 0 Å². The number of thioether (sulfide) groups is 1. The van der Waals surface area contributed by atoms with Crippen molar-refractivity contribution >= 4 is 60.5 Å². The van der Waals surface area contributed by atoms with Crippen LogP contribution in [0.2, 0.25) is 4.34 Å². The molecule has 0 radical (unpaired) electrons. The first-order valence-electron chi connectivity index (χ1n) is 7.39. The van der Waals surface area contributed by atoms with Gasteiger partial charge < -0.3 is 4.90 Å². The topological polar surface area (TPSA) is 91.8 Å². The highest BCUT2D eigenvalue weighted by Gasteiger charge is 2.44. The summed E-state index contributed by atoms with van der Waals surface area (Å²) in [4.78, 5) is 14.0. The van der Waals surface area contributed by atoms with E-state index in [2.05, 4.69) is 0 Å². The van der Waals surface area contributed by atoms with E-state index < -0.39 is 25.9 Å². The summed E-state index contributed by atoms with van der Waals surface area (Å²) >= 11 is 8.07. The van der Waals surface area contributed by atoms with Gasteiger partial charge in [-0.15, -0.1) is 23.1 Å². The first kappa shape index (κ1) is 19.4. The van der Waals surface area contributed by atoms with Crippen LogP contribution in [0.3, 0.4) is 0 Å². The fraction of sp³-hybridized carbons (Fsp3) is 0.615. The summed E-state index contributed by atoms with van der Waals surface area (Å²) in [5.74, 6) is 0.277. The van der Waals surface area contributed by atoms with E-state index in [0.717, 1.165) is 29.5 Å². The highest BCUT2D eigenvalue weighted by atomic mass is 35.5. The molecule has 1 aromatic rings. The van der Waals surface area contributed by atoms with E-state index in [0.29, 0.717) is 17.1 Å². The van der Waals surface area contributed by atoms with Crippen LogP contribution in [-0.2, 0) is 24.7 Å². The molecule has 12 heteroatoms. The minimum atomic E-state index is -4.06. The maximum Gasteiger partial charge on any atom is 0.246 e. The van der Waals surface area contributed by atoms with Gasteiger partial charge in [0.15, 0.2) is 9.84 Å². The summed E-state index contributed by atoms with van der Waals surface area (Å²) < 4.78 is 50.2. The van der Waals surface area contributed by atoms with Gasteiger partial charge in [-0.2, -0.15) is 4.31 Å². The molecule has 0 aromatic carbocycles. The van der Waals surface area contributed by atoms with E-state index in [-0.39, 0.29) is 31.3 Å². The molecule has 1 aromatic heterocycles. The van der Waals surface area contributed by atoms with Crippen molar-refractivity contribution in [1.82, 2.24) is 9.21 Å². The van der Waals surface area contributed by atoms with Gasteiger partial charge in [-0.1, -0.05) is 11.6 Å². The van der Waals surface area contributed by atoms with Crippen LogP contribution in [0, 0.1) is 0 Å². The van der Waals surface area contributed by atoms with E-state index in [9.17, 15) is 21.6 Å². The maximum absolute atomic E-state index is 13.0. The monoisotopic (exact) mass is 444 g/mol. The molecule has 1 amide bonds. The van der Waals surface area contributed by atoms with Crippen LogP contribution in [0.5, 0.6) is 0 Å². The first-order chi connectivity index (χ1) is 11.5. The van der Waals surface area contributed by atoms with Crippen LogP contribution in [0.1, 0.15) is 12.8 Å². The average Bonchev–Trinajstić information content (AvgIpc) is 3.07. The molecule has 1 aliphatic heterocycles. The number of carbonyl (C=O) groups excluding carboxylic acids is 1. The van der Waals surface area contributed by atoms with Crippen LogP contribution in [0.4, 0.5) is 0 Å². The summed E-state index contributed by atoms with van der Waals surface area (Å²) in [6.45, 7) is 0. The summed E-state index contributed by atoms with van der Waals surface area (Å²) in [5.41, 5.74) is 0. The predicted octanol–water partition coefficient (Wildman–Crippen LogP) is 1.49. The quantitative estimate of drug-likeness (QED) is 0.683. The molecule has 3 rings (SSSR count). The molecule has 0 spiro atoms. The van der Waals surface area contributed by atoms with Gasteiger partial charge >= 0.3 is 0 Å². The number of nitrogens with zero attached hydrogens (tertiary/aromatic N) is 2. The summed E-state index contributed by atoms with van der Waals surface area (Å²) in [6.07, 6.45) is 2.86. The molecule has 2 fully saturated rings. The lowest BCUT2D eigenvalue weighted by Gasteiger charge is -2.26. The van der Waals surface area contributed by atoms with Gasteiger partial charge in [0.1, 0.15) is 19.5 Å². The number of hydrogen-bond acceptors (Lipinski definition) is 7. The van der Waals surface area contributed by atoms with E-state index in [1.807, 2.05) is 0 Å². The van der Waals surface area contributed by atoms with Crippen molar-refractivity contribution in [2.24, 2.45) is 0 Å². The lowest BCUT2D eigenvalue weighted by atomic mass is 10.3. The third-order valence-corrected chi connectivity index (χ3v) is 10.6. The minimum Gasteiger partial charge on any atom is -0.341 e. The number of hydrogen-bond donors (Lipinski definition) is 0. The highest BCUT2D eigenvalue weighted by Crippen LogP contribution is 2.38. The molecule has 7 nitrogen and oxygen atoms in total. The van der Waals surface area contributed by atoms with Gasteiger partial charge in [-0.25, -0.2) is 16.8 Å². The average molecular weight is 445 g/mol. The number of carbonyl (C=O) groups is 1. The van der Waals surface area contributed by atoms with Crippen molar-refractivity contribution in [3.05, 3.63) is 10.4 Å². The zero-order valence-corrected chi connectivity index (χ0v) is 17.5. The molecule has 2 aliphatic rings. The standard InChI is InChI=1S/C13H17ClN2O5S4/c1-15(8-3-4-8)13(17)9-6-22-7-16(9)25(20,21)10-5-11(23-12(10)14)24(2,18)19/h5,8-9H,3-4,6-7H2,1-2H3/t9-/m0/s1. The number of sulfonamides is 1. The van der Waals surface area contributed by atoms with E-state index in [1.165, 1.54) is 11.8 Å². The smallest absolute Gasteiger partial charge is 0.246 e. The van der Waals surface area contributed by atoms with Gasteiger partial charge in [-0.3, -0.25) is 4.79 Å². The van der Waals surface area contributed by atoms with Crippen molar-refractivity contribution in [2.75, 3.05) is 24.9 Å². The molecule has 25 heavy (non-hydrogen) atoms.